The van der Waals surface area contributed by atoms with Gasteiger partial charge in [0.15, 0.2) is 0 Å². The molecule has 0 radical (unpaired) electrons. The zero-order chi connectivity index (χ0) is 15.0. The maximum absolute atomic E-state index is 12.1. The molecular weight excluding hydrogens is 254 g/mol. The van der Waals surface area contributed by atoms with E-state index in [0.29, 0.717) is 31.0 Å². The molecule has 0 fully saturated rings. The Balaban J connectivity index is 2.54. The summed E-state index contributed by atoms with van der Waals surface area (Å²) in [5.41, 5.74) is 7.72. The largest absolute Gasteiger partial charge is 0.399 e. The van der Waals surface area contributed by atoms with Gasteiger partial charge in [0, 0.05) is 32.0 Å². The van der Waals surface area contributed by atoms with E-state index in [0.717, 1.165) is 12.1 Å². The fourth-order valence-corrected chi connectivity index (χ4v) is 1.73. The van der Waals surface area contributed by atoms with Crippen molar-refractivity contribution in [2.75, 3.05) is 44.5 Å². The Morgan fingerprint density at radius 3 is 2.85 bits per heavy atom. The fourth-order valence-electron chi connectivity index (χ4n) is 1.73. The third-order valence-corrected chi connectivity index (χ3v) is 2.75. The Morgan fingerprint density at radius 2 is 2.20 bits per heavy atom. The Labute approximate surface area is 120 Å². The molecule has 0 saturated carbocycles. The summed E-state index contributed by atoms with van der Waals surface area (Å²) in [7, 11) is 3.78. The number of rotatable bonds is 8. The molecule has 5 heteroatoms. The smallest absolute Gasteiger partial charge is 0.253 e. The van der Waals surface area contributed by atoms with Crippen LogP contribution in [0.5, 0.6) is 0 Å². The predicted molar refractivity (Wildman–Crippen MR) is 83.1 cm³/mol. The van der Waals surface area contributed by atoms with Crippen LogP contribution in [-0.4, -0.2) is 39.8 Å². The van der Waals surface area contributed by atoms with E-state index in [1.54, 1.807) is 18.2 Å². The minimum absolute atomic E-state index is 0.145. The van der Waals surface area contributed by atoms with E-state index in [1.165, 1.54) is 0 Å². The number of carbonyl (C=O) groups excluding carboxylic acids is 1. The summed E-state index contributed by atoms with van der Waals surface area (Å²) in [6.45, 7) is 5.20. The average Bonchev–Trinajstić information content (AvgIpc) is 2.42. The van der Waals surface area contributed by atoms with E-state index in [1.807, 2.05) is 25.1 Å². The molecule has 0 heterocycles. The third kappa shape index (κ3) is 4.93. The summed E-state index contributed by atoms with van der Waals surface area (Å²) in [6.07, 6.45) is 2.61. The van der Waals surface area contributed by atoms with Crippen LogP contribution >= 0.6 is 0 Å². The molecule has 0 aliphatic carbocycles. The SMILES string of the molecule is C=CCCOCCNC(=O)c1cc(N)ccc1N(C)C. The van der Waals surface area contributed by atoms with Crippen LogP contribution < -0.4 is 16.0 Å². The van der Waals surface area contributed by atoms with Crippen molar-refractivity contribution < 1.29 is 9.53 Å². The van der Waals surface area contributed by atoms with Gasteiger partial charge in [0.25, 0.3) is 5.91 Å². The lowest BCUT2D eigenvalue weighted by Crippen LogP contribution is -2.29. The third-order valence-electron chi connectivity index (χ3n) is 2.75. The molecule has 0 saturated heterocycles. The Kier molecular flexibility index (Phi) is 6.59. The highest BCUT2D eigenvalue weighted by Crippen LogP contribution is 2.21. The second-order valence-corrected chi connectivity index (χ2v) is 4.62. The van der Waals surface area contributed by atoms with E-state index in [4.69, 9.17) is 10.5 Å². The quantitative estimate of drug-likeness (QED) is 0.431. The molecule has 1 amide bonds. The molecule has 0 atom stereocenters. The Morgan fingerprint density at radius 1 is 1.45 bits per heavy atom. The van der Waals surface area contributed by atoms with E-state index >= 15 is 0 Å². The lowest BCUT2D eigenvalue weighted by Gasteiger charge is -2.17. The van der Waals surface area contributed by atoms with E-state index < -0.39 is 0 Å². The van der Waals surface area contributed by atoms with Crippen LogP contribution in [0, 0.1) is 0 Å². The minimum Gasteiger partial charge on any atom is -0.399 e. The first-order chi connectivity index (χ1) is 9.56. The Hall–Kier alpha value is -2.01. The molecule has 1 aromatic carbocycles. The van der Waals surface area contributed by atoms with Crippen LogP contribution in [0.15, 0.2) is 30.9 Å². The van der Waals surface area contributed by atoms with Gasteiger partial charge in [-0.2, -0.15) is 0 Å². The highest BCUT2D eigenvalue weighted by atomic mass is 16.5. The topological polar surface area (TPSA) is 67.6 Å². The molecule has 1 rings (SSSR count). The fraction of sp³-hybridized carbons (Fsp3) is 0.400. The van der Waals surface area contributed by atoms with Crippen molar-refractivity contribution in [1.29, 1.82) is 0 Å². The maximum Gasteiger partial charge on any atom is 0.253 e. The van der Waals surface area contributed by atoms with Gasteiger partial charge in [-0.15, -0.1) is 6.58 Å². The molecule has 1 aromatic rings. The van der Waals surface area contributed by atoms with E-state index in [9.17, 15) is 4.79 Å². The summed E-state index contributed by atoms with van der Waals surface area (Å²) in [5.74, 6) is -0.145. The van der Waals surface area contributed by atoms with Crippen LogP contribution in [-0.2, 0) is 4.74 Å². The first-order valence-electron chi connectivity index (χ1n) is 6.60. The van der Waals surface area contributed by atoms with Gasteiger partial charge in [0.1, 0.15) is 0 Å². The van der Waals surface area contributed by atoms with E-state index in [-0.39, 0.29) is 5.91 Å². The summed E-state index contributed by atoms with van der Waals surface area (Å²) in [5, 5.41) is 2.83. The highest BCUT2D eigenvalue weighted by Gasteiger charge is 2.12. The van der Waals surface area contributed by atoms with Crippen molar-refractivity contribution in [2.45, 2.75) is 6.42 Å². The van der Waals surface area contributed by atoms with Gasteiger partial charge < -0.3 is 20.7 Å². The second-order valence-electron chi connectivity index (χ2n) is 4.62. The van der Waals surface area contributed by atoms with Crippen LogP contribution in [0.25, 0.3) is 0 Å². The number of amides is 1. The normalized spacial score (nSPS) is 10.1. The van der Waals surface area contributed by atoms with E-state index in [2.05, 4.69) is 11.9 Å². The first-order valence-corrected chi connectivity index (χ1v) is 6.60. The minimum atomic E-state index is -0.145. The van der Waals surface area contributed by atoms with Crippen LogP contribution in [0.3, 0.4) is 0 Å². The monoisotopic (exact) mass is 277 g/mol. The zero-order valence-electron chi connectivity index (χ0n) is 12.2. The molecule has 20 heavy (non-hydrogen) atoms. The van der Waals surface area contributed by atoms with Crippen molar-refractivity contribution in [3.8, 4) is 0 Å². The van der Waals surface area contributed by atoms with Crippen LogP contribution in [0.2, 0.25) is 0 Å². The number of hydrogen-bond acceptors (Lipinski definition) is 4. The average molecular weight is 277 g/mol. The van der Waals surface area contributed by atoms with Gasteiger partial charge >= 0.3 is 0 Å². The second kappa shape index (κ2) is 8.22. The summed E-state index contributed by atoms with van der Waals surface area (Å²) < 4.78 is 5.34. The van der Waals surface area contributed by atoms with Crippen LogP contribution in [0.1, 0.15) is 16.8 Å². The van der Waals surface area contributed by atoms with Crippen molar-refractivity contribution in [1.82, 2.24) is 5.32 Å². The van der Waals surface area contributed by atoms with Gasteiger partial charge in [0.2, 0.25) is 0 Å². The lowest BCUT2D eigenvalue weighted by atomic mass is 10.1. The number of hydrogen-bond donors (Lipinski definition) is 2. The van der Waals surface area contributed by atoms with Gasteiger partial charge in [-0.3, -0.25) is 4.79 Å². The number of nitrogens with two attached hydrogens (primary N) is 1. The molecular formula is C15H23N3O2. The van der Waals surface area contributed by atoms with Crippen molar-refractivity contribution >= 4 is 17.3 Å². The summed E-state index contributed by atoms with van der Waals surface area (Å²) >= 11 is 0. The van der Waals surface area contributed by atoms with Gasteiger partial charge in [-0.25, -0.2) is 0 Å². The number of nitrogens with one attached hydrogen (secondary N) is 1. The van der Waals surface area contributed by atoms with Crippen molar-refractivity contribution in [3.63, 3.8) is 0 Å². The number of nitrogens with zero attached hydrogens (tertiary/aromatic N) is 1. The Bertz CT molecular complexity index is 458. The van der Waals surface area contributed by atoms with Gasteiger partial charge in [-0.05, 0) is 24.6 Å². The molecule has 0 bridgehead atoms. The molecule has 0 unspecified atom stereocenters. The van der Waals surface area contributed by atoms with Gasteiger partial charge in [-0.1, -0.05) is 6.08 Å². The van der Waals surface area contributed by atoms with Crippen molar-refractivity contribution in [2.24, 2.45) is 0 Å². The lowest BCUT2D eigenvalue weighted by molar-refractivity contribution is 0.0918. The standard InChI is InChI=1S/C15H23N3O2/c1-4-5-9-20-10-8-17-15(19)13-11-12(16)6-7-14(13)18(2)3/h4,6-7,11H,1,5,8-10,16H2,2-3H3,(H,17,19). The van der Waals surface area contributed by atoms with Crippen molar-refractivity contribution in [3.05, 3.63) is 36.4 Å². The molecule has 3 N–H and O–H groups in total. The molecule has 5 nitrogen and oxygen atoms in total. The number of carbonyl (C=O) groups is 1. The maximum atomic E-state index is 12.1. The molecule has 0 aliphatic heterocycles. The van der Waals surface area contributed by atoms with Crippen LogP contribution in [0.4, 0.5) is 11.4 Å². The molecule has 0 aromatic heterocycles. The first kappa shape index (κ1) is 16.0. The predicted octanol–water partition coefficient (Wildman–Crippen LogP) is 1.66. The summed E-state index contributed by atoms with van der Waals surface area (Å²) in [4.78, 5) is 14.0. The number of benzene rings is 1. The zero-order valence-corrected chi connectivity index (χ0v) is 12.2. The molecule has 110 valence electrons. The van der Waals surface area contributed by atoms with Gasteiger partial charge in [0.05, 0.1) is 18.8 Å². The number of nitrogen functional groups attached to an aromatic ring is 1. The number of ether oxygens (including phenoxy) is 1. The summed E-state index contributed by atoms with van der Waals surface area (Å²) in [6, 6.07) is 5.30. The molecule has 0 spiro atoms. The number of anilines is 2. The molecule has 0 aliphatic rings. The highest BCUT2D eigenvalue weighted by molar-refractivity contribution is 6.00.